The highest BCUT2D eigenvalue weighted by Crippen LogP contribution is 2.26. The first-order chi connectivity index (χ1) is 14.8. The Morgan fingerprint density at radius 2 is 1.84 bits per heavy atom. The fourth-order valence-electron chi connectivity index (χ4n) is 3.43. The van der Waals surface area contributed by atoms with Gasteiger partial charge in [-0.05, 0) is 43.2 Å². The van der Waals surface area contributed by atoms with Gasteiger partial charge in [-0.2, -0.15) is 9.57 Å². The van der Waals surface area contributed by atoms with Gasteiger partial charge in [-0.25, -0.2) is 17.2 Å². The number of nitriles is 1. The van der Waals surface area contributed by atoms with Gasteiger partial charge in [-0.15, -0.1) is 0 Å². The maximum atomic E-state index is 13.9. The van der Waals surface area contributed by atoms with E-state index in [-0.39, 0.29) is 36.4 Å². The van der Waals surface area contributed by atoms with E-state index in [2.05, 4.69) is 5.32 Å². The minimum Gasteiger partial charge on any atom is -0.497 e. The number of halogens is 2. The van der Waals surface area contributed by atoms with Crippen LogP contribution in [0.4, 0.5) is 8.78 Å². The molecule has 1 amide bonds. The molecule has 0 aliphatic carbocycles. The first-order valence-corrected chi connectivity index (χ1v) is 11.0. The highest BCUT2D eigenvalue weighted by atomic mass is 32.2. The lowest BCUT2D eigenvalue weighted by Gasteiger charge is -2.31. The zero-order valence-corrected chi connectivity index (χ0v) is 17.5. The van der Waals surface area contributed by atoms with Crippen molar-refractivity contribution in [3.8, 4) is 11.8 Å². The quantitative estimate of drug-likeness (QED) is 0.731. The highest BCUT2D eigenvalue weighted by molar-refractivity contribution is 7.89. The molecule has 1 fully saturated rings. The van der Waals surface area contributed by atoms with E-state index in [1.54, 1.807) is 18.2 Å². The lowest BCUT2D eigenvalue weighted by atomic mass is 9.96. The molecule has 1 aliphatic rings. The molecule has 1 heterocycles. The van der Waals surface area contributed by atoms with Crippen LogP contribution >= 0.6 is 0 Å². The average molecular weight is 449 g/mol. The third-order valence-corrected chi connectivity index (χ3v) is 7.12. The van der Waals surface area contributed by atoms with Gasteiger partial charge in [0.15, 0.2) is 0 Å². The normalized spacial score (nSPS) is 16.3. The fraction of sp³-hybridized carbons (Fsp3) is 0.333. The Bertz CT molecular complexity index is 1090. The number of ether oxygens (including phenoxy) is 1. The number of benzene rings is 2. The third kappa shape index (κ3) is 5.00. The van der Waals surface area contributed by atoms with E-state index in [0.717, 1.165) is 12.1 Å². The van der Waals surface area contributed by atoms with E-state index in [9.17, 15) is 27.3 Å². The monoisotopic (exact) mass is 449 g/mol. The molecule has 1 unspecified atom stereocenters. The van der Waals surface area contributed by atoms with Crippen LogP contribution in [0, 0.1) is 28.9 Å². The highest BCUT2D eigenvalue weighted by Gasteiger charge is 2.33. The third-order valence-electron chi connectivity index (χ3n) is 5.21. The first-order valence-electron chi connectivity index (χ1n) is 9.55. The number of hydrogen-bond donors (Lipinski definition) is 1. The van der Waals surface area contributed by atoms with Crippen molar-refractivity contribution in [3.63, 3.8) is 0 Å². The largest absolute Gasteiger partial charge is 0.497 e. The van der Waals surface area contributed by atoms with Gasteiger partial charge in [0, 0.05) is 30.6 Å². The van der Waals surface area contributed by atoms with Crippen LogP contribution in [-0.2, 0) is 14.8 Å². The zero-order valence-electron chi connectivity index (χ0n) is 16.7. The molecule has 1 atom stereocenters. The van der Waals surface area contributed by atoms with Crippen molar-refractivity contribution in [2.24, 2.45) is 5.92 Å². The van der Waals surface area contributed by atoms with Gasteiger partial charge < -0.3 is 10.1 Å². The molecule has 2 aromatic rings. The fourth-order valence-corrected chi connectivity index (χ4v) is 4.90. The maximum Gasteiger partial charge on any atom is 0.243 e. The van der Waals surface area contributed by atoms with Crippen molar-refractivity contribution in [2.45, 2.75) is 23.8 Å². The van der Waals surface area contributed by atoms with Gasteiger partial charge in [0.25, 0.3) is 0 Å². The van der Waals surface area contributed by atoms with Gasteiger partial charge in [0.2, 0.25) is 15.9 Å². The summed E-state index contributed by atoms with van der Waals surface area (Å²) < 4.78 is 59.0. The summed E-state index contributed by atoms with van der Waals surface area (Å²) in [6.45, 7) is 0.267. The van der Waals surface area contributed by atoms with Crippen LogP contribution in [0.1, 0.15) is 24.4 Å². The number of nitrogens with one attached hydrogen (secondary N) is 1. The van der Waals surface area contributed by atoms with Crippen molar-refractivity contribution in [2.75, 3.05) is 20.2 Å². The molecule has 1 aliphatic heterocycles. The molecule has 2 aromatic carbocycles. The van der Waals surface area contributed by atoms with Crippen LogP contribution in [0.2, 0.25) is 0 Å². The first kappa shape index (κ1) is 22.7. The van der Waals surface area contributed by atoms with Crippen LogP contribution < -0.4 is 10.1 Å². The molecule has 10 heteroatoms. The van der Waals surface area contributed by atoms with E-state index in [0.29, 0.717) is 11.8 Å². The SMILES string of the molecule is COc1ccc(S(=O)(=O)N2CCC(C(=O)NC(C#N)c3ccc(F)cc3F)CC2)cc1. The predicted octanol–water partition coefficient (Wildman–Crippen LogP) is 2.76. The van der Waals surface area contributed by atoms with Crippen LogP contribution in [0.3, 0.4) is 0 Å². The summed E-state index contributed by atoms with van der Waals surface area (Å²) in [4.78, 5) is 12.7. The topological polar surface area (TPSA) is 99.5 Å². The van der Waals surface area contributed by atoms with E-state index in [1.807, 2.05) is 0 Å². The van der Waals surface area contributed by atoms with Crippen molar-refractivity contribution in [1.29, 1.82) is 5.26 Å². The molecule has 164 valence electrons. The standard InChI is InChI=1S/C21H21F2N3O4S/c1-30-16-3-5-17(6-4-16)31(28,29)26-10-8-14(9-11-26)21(27)25-20(13-24)18-7-2-15(22)12-19(18)23/h2-7,12,14,20H,8-11H2,1H3,(H,25,27). The molecule has 0 radical (unpaired) electrons. The van der Waals surface area contributed by atoms with Crippen molar-refractivity contribution in [3.05, 3.63) is 59.7 Å². The number of piperidine rings is 1. The summed E-state index contributed by atoms with van der Waals surface area (Å²) in [5, 5.41) is 11.8. The summed E-state index contributed by atoms with van der Waals surface area (Å²) >= 11 is 0. The molecule has 31 heavy (non-hydrogen) atoms. The smallest absolute Gasteiger partial charge is 0.243 e. The molecule has 0 saturated carbocycles. The lowest BCUT2D eigenvalue weighted by molar-refractivity contribution is -0.126. The minimum atomic E-state index is -3.71. The summed E-state index contributed by atoms with van der Waals surface area (Å²) in [5.74, 6) is -2.17. The Morgan fingerprint density at radius 3 is 2.39 bits per heavy atom. The summed E-state index contributed by atoms with van der Waals surface area (Å²) in [7, 11) is -2.22. The number of hydrogen-bond acceptors (Lipinski definition) is 5. The van der Waals surface area contributed by atoms with Crippen molar-refractivity contribution in [1.82, 2.24) is 9.62 Å². The molecular weight excluding hydrogens is 428 g/mol. The average Bonchev–Trinajstić information content (AvgIpc) is 2.78. The van der Waals surface area contributed by atoms with Crippen molar-refractivity contribution >= 4 is 15.9 Å². The molecule has 1 saturated heterocycles. The molecule has 1 N–H and O–H groups in total. The number of amides is 1. The molecular formula is C21H21F2N3O4S. The number of methoxy groups -OCH3 is 1. The summed E-state index contributed by atoms with van der Waals surface area (Å²) in [5.41, 5.74) is -0.128. The van der Waals surface area contributed by atoms with Crippen LogP contribution in [0.15, 0.2) is 47.4 Å². The number of carbonyl (C=O) groups is 1. The van der Waals surface area contributed by atoms with Crippen molar-refractivity contribution < 1.29 is 26.7 Å². The Kier molecular flexibility index (Phi) is 6.87. The minimum absolute atomic E-state index is 0.128. The zero-order chi connectivity index (χ0) is 22.6. The van der Waals surface area contributed by atoms with E-state index >= 15 is 0 Å². The Morgan fingerprint density at radius 1 is 1.19 bits per heavy atom. The van der Waals surface area contributed by atoms with Crippen LogP contribution in [-0.4, -0.2) is 38.8 Å². The second kappa shape index (κ2) is 9.41. The summed E-state index contributed by atoms with van der Waals surface area (Å²) in [6, 6.07) is 9.34. The molecule has 3 rings (SSSR count). The number of nitrogens with zero attached hydrogens (tertiary/aromatic N) is 2. The van der Waals surface area contributed by atoms with E-state index in [4.69, 9.17) is 4.74 Å². The van der Waals surface area contributed by atoms with E-state index in [1.165, 1.54) is 23.5 Å². The lowest BCUT2D eigenvalue weighted by Crippen LogP contribution is -2.43. The van der Waals surface area contributed by atoms with E-state index < -0.39 is 39.5 Å². The second-order valence-corrected chi connectivity index (χ2v) is 9.03. The maximum absolute atomic E-state index is 13.9. The van der Waals surface area contributed by atoms with Gasteiger partial charge in [-0.1, -0.05) is 6.07 Å². The van der Waals surface area contributed by atoms with Gasteiger partial charge in [0.1, 0.15) is 23.4 Å². The van der Waals surface area contributed by atoms with Gasteiger partial charge in [-0.3, -0.25) is 4.79 Å². The van der Waals surface area contributed by atoms with Crippen LogP contribution in [0.25, 0.3) is 0 Å². The number of carbonyl (C=O) groups excluding carboxylic acids is 1. The molecule has 0 bridgehead atoms. The molecule has 0 spiro atoms. The van der Waals surface area contributed by atoms with Crippen LogP contribution in [0.5, 0.6) is 5.75 Å². The predicted molar refractivity (Wildman–Crippen MR) is 107 cm³/mol. The number of sulfonamides is 1. The number of rotatable bonds is 6. The summed E-state index contributed by atoms with van der Waals surface area (Å²) in [6.07, 6.45) is 0.510. The molecule has 7 nitrogen and oxygen atoms in total. The second-order valence-electron chi connectivity index (χ2n) is 7.09. The van der Waals surface area contributed by atoms with Gasteiger partial charge >= 0.3 is 0 Å². The van der Waals surface area contributed by atoms with Gasteiger partial charge in [0.05, 0.1) is 18.1 Å². The Hall–Kier alpha value is -3.03. The Balaban J connectivity index is 1.63. The molecule has 0 aromatic heterocycles. The Labute approximate surface area is 179 Å².